The van der Waals surface area contributed by atoms with Crippen LogP contribution in [0.5, 0.6) is 23.0 Å². The molecule has 0 bridgehead atoms. The number of fused-ring (bicyclic) bond motifs is 4. The first-order chi connectivity index (χ1) is 20.9. The van der Waals surface area contributed by atoms with E-state index in [4.69, 9.17) is 46.7 Å². The number of benzene rings is 4. The third-order valence-corrected chi connectivity index (χ3v) is 12.8. The van der Waals surface area contributed by atoms with Gasteiger partial charge in [0, 0.05) is 12.8 Å². The van der Waals surface area contributed by atoms with Crippen molar-refractivity contribution in [3.63, 3.8) is 0 Å². The van der Waals surface area contributed by atoms with Crippen molar-refractivity contribution in [2.45, 2.75) is 55.8 Å². The van der Waals surface area contributed by atoms with Crippen LogP contribution < -0.4 is 46.7 Å². The van der Waals surface area contributed by atoms with Crippen molar-refractivity contribution in [3.8, 4) is 23.0 Å². The topological polar surface area (TPSA) is 203 Å². The van der Waals surface area contributed by atoms with Crippen LogP contribution in [0.2, 0.25) is 0 Å². The van der Waals surface area contributed by atoms with Crippen LogP contribution in [0.15, 0.2) is 117 Å². The van der Waals surface area contributed by atoms with Crippen LogP contribution in [0.4, 0.5) is 0 Å². The van der Waals surface area contributed by atoms with Gasteiger partial charge in [-0.2, -0.15) is 0 Å². The van der Waals surface area contributed by atoms with Crippen LogP contribution in [-0.4, -0.2) is 10.5 Å². The SMILES string of the molecule is [O-][Cl+3]([O-])([O-])[O-].[O-][Cl+3]([O-])([O-])[O-].c1ccc2c(c1)Oc1ccccc1[S+]2C1CCCCC1[S+]1c2ccccc2Oc2ccccc21. The standard InChI is InChI=1S/C30H26O2S2.2ClHO4/c1-5-15-25-21(11-1)31-22-12-2-6-16-26(22)33(25)29-19-9-10-20-30(29)34-27-17-7-3-13-23(27)32-24-14-4-8-18-28(24)34;2*2-1(3,4)5/h1-8,11-18,29-30H,9-10,19-20H2;2*(H,2,3,4,5)/q+2;;/p-2. The van der Waals surface area contributed by atoms with Gasteiger partial charge in [-0.25, -0.2) is 37.3 Å². The number of ether oxygens (including phenoxy) is 2. The lowest BCUT2D eigenvalue weighted by Gasteiger charge is -2.33. The first-order valence-electron chi connectivity index (χ1n) is 13.3. The van der Waals surface area contributed by atoms with Crippen molar-refractivity contribution in [2.75, 3.05) is 0 Å². The average molecular weight is 682 g/mol. The highest BCUT2D eigenvalue weighted by Gasteiger charge is 2.56. The second-order valence-electron chi connectivity index (χ2n) is 9.78. The van der Waals surface area contributed by atoms with E-state index in [9.17, 15) is 0 Å². The Morgan fingerprint density at radius 3 is 0.909 bits per heavy atom. The Bertz CT molecular complexity index is 1360. The zero-order valence-corrected chi connectivity index (χ0v) is 26.0. The molecule has 2 heterocycles. The van der Waals surface area contributed by atoms with Crippen LogP contribution in [0.25, 0.3) is 0 Å². The molecule has 4 aromatic rings. The summed E-state index contributed by atoms with van der Waals surface area (Å²) in [7, 11) is -9.94. The molecule has 2 aliphatic heterocycles. The zero-order valence-electron chi connectivity index (χ0n) is 22.9. The van der Waals surface area contributed by atoms with Crippen LogP contribution in [-0.2, 0) is 21.8 Å². The van der Waals surface area contributed by atoms with Crippen LogP contribution in [0.3, 0.4) is 0 Å². The van der Waals surface area contributed by atoms with E-state index >= 15 is 0 Å². The highest BCUT2D eigenvalue weighted by Crippen LogP contribution is 2.53. The van der Waals surface area contributed by atoms with Gasteiger partial charge in [0.15, 0.2) is 33.5 Å². The van der Waals surface area contributed by atoms with E-state index in [1.54, 1.807) is 0 Å². The maximum Gasteiger partial charge on any atom is 0.203 e. The van der Waals surface area contributed by atoms with Gasteiger partial charge in [0.05, 0.1) is 21.8 Å². The number of hydrogen-bond donors (Lipinski definition) is 0. The largest absolute Gasteiger partial charge is 0.447 e. The molecule has 7 rings (SSSR count). The predicted octanol–water partition coefficient (Wildman–Crippen LogP) is -1.53. The smallest absolute Gasteiger partial charge is 0.203 e. The van der Waals surface area contributed by atoms with Gasteiger partial charge in [-0.15, -0.1) is 20.5 Å². The second-order valence-corrected chi connectivity index (χ2v) is 15.6. The summed E-state index contributed by atoms with van der Waals surface area (Å²) in [6, 6.07) is 34.9. The molecule has 1 fully saturated rings. The van der Waals surface area contributed by atoms with Crippen molar-refractivity contribution < 1.29 is 67.2 Å². The molecule has 0 N–H and O–H groups in total. The summed E-state index contributed by atoms with van der Waals surface area (Å²) < 4.78 is 80.7. The number of halogens is 2. The molecular formula is C30H26Cl2O10S2. The van der Waals surface area contributed by atoms with Gasteiger partial charge >= 0.3 is 0 Å². The molecule has 1 saturated carbocycles. The molecule has 0 saturated heterocycles. The van der Waals surface area contributed by atoms with Crippen molar-refractivity contribution in [3.05, 3.63) is 97.1 Å². The minimum Gasteiger partial charge on any atom is -0.447 e. The molecule has 44 heavy (non-hydrogen) atoms. The maximum atomic E-state index is 8.49. The van der Waals surface area contributed by atoms with Gasteiger partial charge < -0.3 is 9.47 Å². The third kappa shape index (κ3) is 8.17. The van der Waals surface area contributed by atoms with Gasteiger partial charge in [0.1, 0.15) is 0 Å². The highest BCUT2D eigenvalue weighted by atomic mass is 35.7. The molecule has 14 heteroatoms. The van der Waals surface area contributed by atoms with Crippen LogP contribution in [0, 0.1) is 20.5 Å². The molecule has 2 atom stereocenters. The summed E-state index contributed by atoms with van der Waals surface area (Å²) >= 11 is 0. The molecule has 10 nitrogen and oxygen atoms in total. The Balaban J connectivity index is 0.000000336. The summed E-state index contributed by atoms with van der Waals surface area (Å²) in [4.78, 5) is 5.49. The van der Waals surface area contributed by atoms with Crippen molar-refractivity contribution in [1.29, 1.82) is 0 Å². The minimum atomic E-state index is -4.94. The van der Waals surface area contributed by atoms with Crippen LogP contribution in [0.1, 0.15) is 25.7 Å². The molecule has 3 aliphatic rings. The van der Waals surface area contributed by atoms with Crippen molar-refractivity contribution >= 4 is 21.8 Å². The third-order valence-electron chi connectivity index (χ3n) is 7.03. The lowest BCUT2D eigenvalue weighted by Crippen LogP contribution is -2.68. The summed E-state index contributed by atoms with van der Waals surface area (Å²) in [5.41, 5.74) is 0. The molecule has 2 unspecified atom stereocenters. The van der Waals surface area contributed by atoms with E-state index in [0.717, 1.165) is 23.0 Å². The number of para-hydroxylation sites is 4. The van der Waals surface area contributed by atoms with E-state index in [2.05, 4.69) is 97.1 Å². The minimum absolute atomic E-state index is 0.0252. The summed E-state index contributed by atoms with van der Waals surface area (Å²) in [5, 5.41) is 1.14. The van der Waals surface area contributed by atoms with E-state index in [-0.39, 0.29) is 21.8 Å². The Morgan fingerprint density at radius 1 is 0.432 bits per heavy atom. The fraction of sp³-hybridized carbons (Fsp3) is 0.200. The van der Waals surface area contributed by atoms with E-state index in [0.29, 0.717) is 10.5 Å². The first kappa shape index (κ1) is 32.8. The van der Waals surface area contributed by atoms with Gasteiger partial charge in [-0.1, -0.05) is 48.5 Å². The normalized spacial score (nSPS) is 19.2. The lowest BCUT2D eigenvalue weighted by atomic mass is 10.00. The second kappa shape index (κ2) is 13.8. The Labute approximate surface area is 263 Å². The van der Waals surface area contributed by atoms with Gasteiger partial charge in [-0.3, -0.25) is 0 Å². The molecule has 0 amide bonds. The monoisotopic (exact) mass is 680 g/mol. The number of rotatable bonds is 2. The molecule has 4 aromatic carbocycles. The lowest BCUT2D eigenvalue weighted by molar-refractivity contribution is -2.00. The first-order valence-corrected chi connectivity index (χ1v) is 18.3. The molecule has 232 valence electrons. The zero-order chi connectivity index (χ0) is 31.5. The Hall–Kier alpha value is -2.56. The van der Waals surface area contributed by atoms with Gasteiger partial charge in [0.25, 0.3) is 0 Å². The molecule has 0 spiro atoms. The van der Waals surface area contributed by atoms with Gasteiger partial charge in [-0.05, 0) is 61.4 Å². The van der Waals surface area contributed by atoms with Crippen molar-refractivity contribution in [2.24, 2.45) is 0 Å². The highest BCUT2D eigenvalue weighted by molar-refractivity contribution is 8.01. The molecule has 0 radical (unpaired) electrons. The molecule has 0 aromatic heterocycles. The molecular weight excluding hydrogens is 655 g/mol. The quantitative estimate of drug-likeness (QED) is 0.223. The molecule has 1 aliphatic carbocycles. The van der Waals surface area contributed by atoms with E-state index in [1.165, 1.54) is 45.3 Å². The predicted molar refractivity (Wildman–Crippen MR) is 140 cm³/mol. The number of hydrogen-bond acceptors (Lipinski definition) is 10. The Kier molecular flexibility index (Phi) is 10.3. The Morgan fingerprint density at radius 2 is 0.659 bits per heavy atom. The fourth-order valence-electron chi connectivity index (χ4n) is 5.59. The van der Waals surface area contributed by atoms with E-state index < -0.39 is 20.5 Å². The van der Waals surface area contributed by atoms with Gasteiger partial charge in [0.2, 0.25) is 19.6 Å². The summed E-state index contributed by atoms with van der Waals surface area (Å²) in [6.45, 7) is 0. The summed E-state index contributed by atoms with van der Waals surface area (Å²) in [6.07, 6.45) is 5.11. The van der Waals surface area contributed by atoms with Crippen LogP contribution >= 0.6 is 0 Å². The van der Waals surface area contributed by atoms with E-state index in [1.807, 2.05) is 0 Å². The maximum absolute atomic E-state index is 8.49. The summed E-state index contributed by atoms with van der Waals surface area (Å²) in [5.74, 6) is 4.13. The van der Waals surface area contributed by atoms with Crippen molar-refractivity contribution in [1.82, 2.24) is 0 Å². The average Bonchev–Trinajstić information content (AvgIpc) is 2.97. The fourth-order valence-corrected chi connectivity index (χ4v) is 11.9.